The van der Waals surface area contributed by atoms with Crippen LogP contribution >= 0.6 is 0 Å². The number of amides is 1. The highest BCUT2D eigenvalue weighted by Crippen LogP contribution is 1.92. The molecule has 0 radical (unpaired) electrons. The van der Waals surface area contributed by atoms with Crippen molar-refractivity contribution in [1.29, 1.82) is 0 Å². The average molecular weight is 187 g/mol. The Labute approximate surface area is 80.7 Å². The van der Waals surface area contributed by atoms with Crippen LogP contribution in [-0.2, 0) is 4.79 Å². The number of hydrogen-bond acceptors (Lipinski definition) is 3. The number of rotatable bonds is 6. The fraction of sp³-hybridized carbons (Fsp3) is 0.889. The number of nitrogens with two attached hydrogens (primary N) is 1. The molecule has 0 bridgehead atoms. The summed E-state index contributed by atoms with van der Waals surface area (Å²) in [5.41, 5.74) is 5.40. The summed E-state index contributed by atoms with van der Waals surface area (Å²) < 4.78 is 0. The van der Waals surface area contributed by atoms with Gasteiger partial charge in [-0.25, -0.2) is 0 Å². The molecule has 13 heavy (non-hydrogen) atoms. The van der Waals surface area contributed by atoms with Gasteiger partial charge in [-0.05, 0) is 26.1 Å². The molecule has 0 aliphatic carbocycles. The topological polar surface area (TPSA) is 49.6 Å². The minimum absolute atomic E-state index is 0.152. The minimum atomic E-state index is 0.152. The van der Waals surface area contributed by atoms with Crippen LogP contribution in [0.25, 0.3) is 0 Å². The summed E-state index contributed by atoms with van der Waals surface area (Å²) in [5.74, 6) is 0.152. The maximum atomic E-state index is 11.3. The third-order valence-electron chi connectivity index (χ3n) is 1.98. The molecule has 78 valence electrons. The first kappa shape index (κ1) is 12.4. The van der Waals surface area contributed by atoms with Crippen molar-refractivity contribution in [3.05, 3.63) is 0 Å². The molecule has 0 spiro atoms. The van der Waals surface area contributed by atoms with Gasteiger partial charge in [0.05, 0.1) is 6.54 Å². The van der Waals surface area contributed by atoms with Gasteiger partial charge in [-0.3, -0.25) is 9.69 Å². The second kappa shape index (κ2) is 6.86. The third kappa shape index (κ3) is 5.60. The number of carbonyl (C=O) groups excluding carboxylic acids is 1. The van der Waals surface area contributed by atoms with Crippen molar-refractivity contribution in [2.24, 2.45) is 5.73 Å². The van der Waals surface area contributed by atoms with E-state index < -0.39 is 0 Å². The van der Waals surface area contributed by atoms with Gasteiger partial charge >= 0.3 is 0 Å². The molecule has 0 unspecified atom stereocenters. The lowest BCUT2D eigenvalue weighted by Crippen LogP contribution is -2.37. The van der Waals surface area contributed by atoms with Gasteiger partial charge in [0.25, 0.3) is 0 Å². The van der Waals surface area contributed by atoms with Crippen LogP contribution in [0.4, 0.5) is 0 Å². The molecule has 0 aromatic rings. The van der Waals surface area contributed by atoms with E-state index in [9.17, 15) is 4.79 Å². The van der Waals surface area contributed by atoms with Crippen LogP contribution in [0.15, 0.2) is 0 Å². The zero-order valence-corrected chi connectivity index (χ0v) is 8.92. The van der Waals surface area contributed by atoms with Crippen molar-refractivity contribution < 1.29 is 4.79 Å². The van der Waals surface area contributed by atoms with E-state index in [0.29, 0.717) is 13.1 Å². The van der Waals surface area contributed by atoms with E-state index in [0.717, 1.165) is 19.5 Å². The maximum absolute atomic E-state index is 11.3. The molecule has 4 nitrogen and oxygen atoms in total. The summed E-state index contributed by atoms with van der Waals surface area (Å²) in [4.78, 5) is 15.1. The van der Waals surface area contributed by atoms with Crippen LogP contribution in [0.5, 0.6) is 0 Å². The molecule has 0 aromatic heterocycles. The lowest BCUT2D eigenvalue weighted by atomic mass is 10.3. The first-order valence-corrected chi connectivity index (χ1v) is 4.74. The van der Waals surface area contributed by atoms with Crippen molar-refractivity contribution in [3.63, 3.8) is 0 Å². The number of carbonyl (C=O) groups is 1. The van der Waals surface area contributed by atoms with E-state index in [-0.39, 0.29) is 5.91 Å². The maximum Gasteiger partial charge on any atom is 0.236 e. The Morgan fingerprint density at radius 2 is 2.00 bits per heavy atom. The van der Waals surface area contributed by atoms with Gasteiger partial charge < -0.3 is 10.6 Å². The first-order chi connectivity index (χ1) is 6.11. The van der Waals surface area contributed by atoms with E-state index in [4.69, 9.17) is 5.73 Å². The summed E-state index contributed by atoms with van der Waals surface area (Å²) in [6.45, 7) is 5.06. The van der Waals surface area contributed by atoms with Gasteiger partial charge in [-0.1, -0.05) is 6.92 Å². The van der Waals surface area contributed by atoms with Crippen LogP contribution in [0.2, 0.25) is 0 Å². The standard InChI is InChI=1S/C9H21N3O/c1-4-12(7-5-6-10)8-9(13)11(2)3/h4-8,10H2,1-3H3. The van der Waals surface area contributed by atoms with E-state index in [1.165, 1.54) is 0 Å². The normalized spacial score (nSPS) is 10.5. The van der Waals surface area contributed by atoms with Crippen molar-refractivity contribution in [3.8, 4) is 0 Å². The van der Waals surface area contributed by atoms with Crippen LogP contribution in [0.3, 0.4) is 0 Å². The smallest absolute Gasteiger partial charge is 0.236 e. The number of likely N-dealkylation sites (N-methyl/N-ethyl adjacent to an activating group) is 2. The molecular weight excluding hydrogens is 166 g/mol. The molecule has 0 aliphatic heterocycles. The summed E-state index contributed by atoms with van der Waals surface area (Å²) in [7, 11) is 3.55. The highest BCUT2D eigenvalue weighted by molar-refractivity contribution is 5.77. The zero-order valence-electron chi connectivity index (χ0n) is 8.92. The molecular formula is C9H21N3O. The number of nitrogens with zero attached hydrogens (tertiary/aromatic N) is 2. The van der Waals surface area contributed by atoms with E-state index >= 15 is 0 Å². The first-order valence-electron chi connectivity index (χ1n) is 4.74. The monoisotopic (exact) mass is 187 g/mol. The molecule has 0 saturated carbocycles. The minimum Gasteiger partial charge on any atom is -0.348 e. The Hall–Kier alpha value is -0.610. The van der Waals surface area contributed by atoms with Crippen molar-refractivity contribution in [2.45, 2.75) is 13.3 Å². The quantitative estimate of drug-likeness (QED) is 0.623. The molecule has 0 aromatic carbocycles. The molecule has 0 atom stereocenters. The van der Waals surface area contributed by atoms with E-state index in [2.05, 4.69) is 11.8 Å². The van der Waals surface area contributed by atoms with Crippen molar-refractivity contribution >= 4 is 5.91 Å². The molecule has 0 heterocycles. The molecule has 2 N–H and O–H groups in total. The lowest BCUT2D eigenvalue weighted by Gasteiger charge is -2.21. The third-order valence-corrected chi connectivity index (χ3v) is 1.98. The van der Waals surface area contributed by atoms with Crippen LogP contribution in [-0.4, -0.2) is 56.0 Å². The molecule has 1 amide bonds. The number of hydrogen-bond donors (Lipinski definition) is 1. The average Bonchev–Trinajstić information content (AvgIpc) is 2.11. The van der Waals surface area contributed by atoms with Crippen LogP contribution in [0, 0.1) is 0 Å². The lowest BCUT2D eigenvalue weighted by molar-refractivity contribution is -0.129. The summed E-state index contributed by atoms with van der Waals surface area (Å²) >= 11 is 0. The van der Waals surface area contributed by atoms with Crippen molar-refractivity contribution in [1.82, 2.24) is 9.80 Å². The van der Waals surface area contributed by atoms with Gasteiger partial charge in [-0.2, -0.15) is 0 Å². The molecule has 0 rings (SSSR count). The Morgan fingerprint density at radius 3 is 2.38 bits per heavy atom. The van der Waals surface area contributed by atoms with Crippen LogP contribution < -0.4 is 5.73 Å². The van der Waals surface area contributed by atoms with Gasteiger partial charge in [0.1, 0.15) is 0 Å². The van der Waals surface area contributed by atoms with Crippen LogP contribution in [0.1, 0.15) is 13.3 Å². The molecule has 0 aliphatic rings. The Kier molecular flexibility index (Phi) is 6.54. The fourth-order valence-corrected chi connectivity index (χ4v) is 0.997. The largest absolute Gasteiger partial charge is 0.348 e. The van der Waals surface area contributed by atoms with Gasteiger partial charge in [0.15, 0.2) is 0 Å². The summed E-state index contributed by atoms with van der Waals surface area (Å²) in [5, 5.41) is 0. The Balaban J connectivity index is 3.76. The Morgan fingerprint density at radius 1 is 1.38 bits per heavy atom. The zero-order chi connectivity index (χ0) is 10.3. The highest BCUT2D eigenvalue weighted by atomic mass is 16.2. The fourth-order valence-electron chi connectivity index (χ4n) is 0.997. The summed E-state index contributed by atoms with van der Waals surface area (Å²) in [6.07, 6.45) is 0.953. The van der Waals surface area contributed by atoms with Gasteiger partial charge in [0.2, 0.25) is 5.91 Å². The van der Waals surface area contributed by atoms with E-state index in [1.54, 1.807) is 19.0 Å². The summed E-state index contributed by atoms with van der Waals surface area (Å²) in [6, 6.07) is 0. The van der Waals surface area contributed by atoms with Gasteiger partial charge in [0, 0.05) is 14.1 Å². The van der Waals surface area contributed by atoms with Gasteiger partial charge in [-0.15, -0.1) is 0 Å². The predicted octanol–water partition coefficient (Wildman–Crippen LogP) is -0.255. The second-order valence-corrected chi connectivity index (χ2v) is 3.30. The Bertz CT molecular complexity index is 148. The SMILES string of the molecule is CCN(CCCN)CC(=O)N(C)C. The van der Waals surface area contributed by atoms with Crippen molar-refractivity contribution in [2.75, 3.05) is 40.3 Å². The molecule has 0 fully saturated rings. The molecule has 0 saturated heterocycles. The van der Waals surface area contributed by atoms with E-state index in [1.807, 2.05) is 0 Å². The second-order valence-electron chi connectivity index (χ2n) is 3.30. The predicted molar refractivity (Wildman–Crippen MR) is 54.5 cm³/mol. The highest BCUT2D eigenvalue weighted by Gasteiger charge is 2.09. The molecule has 4 heteroatoms.